The number of carbonyl (C=O) groups is 1. The lowest BCUT2D eigenvalue weighted by atomic mass is 10.2. The van der Waals surface area contributed by atoms with Crippen molar-refractivity contribution >= 4 is 39.1 Å². The highest BCUT2D eigenvalue weighted by atomic mass is 32.2. The smallest absolute Gasteiger partial charge is 0.261 e. The standard InChI is InChI=1S/C16H16N2O3S2/c1-11-2-4-12(5-3-11)18-23(20,21)13-6-7-15-14(10-13)17-16(19)8-9-22-15/h2-7,10,18H,8-9H2,1H3,(H,17,19). The summed E-state index contributed by atoms with van der Waals surface area (Å²) >= 11 is 1.54. The molecular formula is C16H16N2O3S2. The molecule has 0 fully saturated rings. The van der Waals surface area contributed by atoms with E-state index in [1.54, 1.807) is 24.3 Å². The van der Waals surface area contributed by atoms with E-state index in [2.05, 4.69) is 10.0 Å². The lowest BCUT2D eigenvalue weighted by Gasteiger charge is -2.11. The van der Waals surface area contributed by atoms with Crippen molar-refractivity contribution in [2.75, 3.05) is 15.8 Å². The van der Waals surface area contributed by atoms with Crippen LogP contribution in [-0.2, 0) is 14.8 Å². The van der Waals surface area contributed by atoms with Crippen LogP contribution in [0.15, 0.2) is 52.3 Å². The molecular weight excluding hydrogens is 332 g/mol. The second-order valence-corrected chi connectivity index (χ2v) is 8.10. The molecule has 0 aromatic heterocycles. The predicted octanol–water partition coefficient (Wildman–Crippen LogP) is 3.23. The van der Waals surface area contributed by atoms with E-state index < -0.39 is 10.0 Å². The summed E-state index contributed by atoms with van der Waals surface area (Å²) < 4.78 is 27.6. The molecule has 2 N–H and O–H groups in total. The Morgan fingerprint density at radius 3 is 2.61 bits per heavy atom. The molecule has 0 spiro atoms. The van der Waals surface area contributed by atoms with Crippen molar-refractivity contribution in [2.24, 2.45) is 0 Å². The second-order valence-electron chi connectivity index (χ2n) is 5.28. The third-order valence-corrected chi connectivity index (χ3v) is 5.88. The van der Waals surface area contributed by atoms with E-state index in [9.17, 15) is 13.2 Å². The summed E-state index contributed by atoms with van der Waals surface area (Å²) in [5.41, 5.74) is 2.10. The van der Waals surface area contributed by atoms with Gasteiger partial charge in [-0.3, -0.25) is 9.52 Å². The van der Waals surface area contributed by atoms with Crippen LogP contribution in [0, 0.1) is 6.92 Å². The summed E-state index contributed by atoms with van der Waals surface area (Å²) in [5.74, 6) is 0.587. The quantitative estimate of drug-likeness (QED) is 0.893. The predicted molar refractivity (Wildman–Crippen MR) is 92.4 cm³/mol. The first-order chi connectivity index (χ1) is 10.9. The van der Waals surface area contributed by atoms with Gasteiger partial charge in [-0.05, 0) is 37.3 Å². The Morgan fingerprint density at radius 2 is 1.87 bits per heavy atom. The van der Waals surface area contributed by atoms with Crippen LogP contribution in [0.4, 0.5) is 11.4 Å². The van der Waals surface area contributed by atoms with Gasteiger partial charge >= 0.3 is 0 Å². The van der Waals surface area contributed by atoms with Gasteiger partial charge in [0.15, 0.2) is 0 Å². The fraction of sp³-hybridized carbons (Fsp3) is 0.188. The van der Waals surface area contributed by atoms with E-state index in [1.807, 2.05) is 19.1 Å². The fourth-order valence-electron chi connectivity index (χ4n) is 2.20. The molecule has 2 aromatic rings. The van der Waals surface area contributed by atoms with Crippen LogP contribution in [0.3, 0.4) is 0 Å². The average molecular weight is 348 g/mol. The van der Waals surface area contributed by atoms with Gasteiger partial charge in [0.2, 0.25) is 5.91 Å². The molecule has 23 heavy (non-hydrogen) atoms. The normalized spacial score (nSPS) is 14.6. The minimum absolute atomic E-state index is 0.0997. The van der Waals surface area contributed by atoms with E-state index in [0.717, 1.165) is 10.5 Å². The Balaban J connectivity index is 1.91. The van der Waals surface area contributed by atoms with E-state index in [1.165, 1.54) is 17.8 Å². The number of sulfonamides is 1. The summed E-state index contributed by atoms with van der Waals surface area (Å²) in [7, 11) is -3.70. The molecule has 0 atom stereocenters. The van der Waals surface area contributed by atoms with E-state index in [-0.39, 0.29) is 10.8 Å². The number of hydrogen-bond donors (Lipinski definition) is 2. The van der Waals surface area contributed by atoms with Crippen LogP contribution < -0.4 is 10.0 Å². The van der Waals surface area contributed by atoms with Gasteiger partial charge in [0.05, 0.1) is 10.6 Å². The third kappa shape index (κ3) is 3.68. The molecule has 3 rings (SSSR count). The van der Waals surface area contributed by atoms with Gasteiger partial charge in [0.25, 0.3) is 10.0 Å². The van der Waals surface area contributed by atoms with Crippen molar-refractivity contribution in [2.45, 2.75) is 23.1 Å². The summed E-state index contributed by atoms with van der Waals surface area (Å²) in [6.07, 6.45) is 0.420. The lowest BCUT2D eigenvalue weighted by Crippen LogP contribution is -2.14. The number of nitrogens with one attached hydrogen (secondary N) is 2. The molecule has 0 saturated heterocycles. The van der Waals surface area contributed by atoms with Crippen LogP contribution in [0.5, 0.6) is 0 Å². The van der Waals surface area contributed by atoms with Crippen molar-refractivity contribution in [3.05, 3.63) is 48.0 Å². The highest BCUT2D eigenvalue weighted by Gasteiger charge is 2.19. The maximum atomic E-state index is 12.5. The molecule has 0 aliphatic carbocycles. The Kier molecular flexibility index (Phi) is 4.32. The van der Waals surface area contributed by atoms with Crippen LogP contribution in [0.25, 0.3) is 0 Å². The van der Waals surface area contributed by atoms with E-state index >= 15 is 0 Å². The summed E-state index contributed by atoms with van der Waals surface area (Å²) in [6, 6.07) is 11.9. The number of anilines is 2. The summed E-state index contributed by atoms with van der Waals surface area (Å²) in [6.45, 7) is 1.94. The number of fused-ring (bicyclic) bond motifs is 1. The molecule has 1 aliphatic heterocycles. The number of benzene rings is 2. The van der Waals surface area contributed by atoms with Crippen molar-refractivity contribution in [1.82, 2.24) is 0 Å². The zero-order chi connectivity index (χ0) is 16.4. The zero-order valence-electron chi connectivity index (χ0n) is 12.5. The molecule has 0 bridgehead atoms. The highest BCUT2D eigenvalue weighted by Crippen LogP contribution is 2.33. The van der Waals surface area contributed by atoms with E-state index in [4.69, 9.17) is 0 Å². The van der Waals surface area contributed by atoms with Gasteiger partial charge in [-0.2, -0.15) is 0 Å². The van der Waals surface area contributed by atoms with Crippen molar-refractivity contribution in [1.29, 1.82) is 0 Å². The summed E-state index contributed by atoms with van der Waals surface area (Å²) in [5, 5.41) is 2.75. The van der Waals surface area contributed by atoms with Gasteiger partial charge in [-0.15, -0.1) is 11.8 Å². The topological polar surface area (TPSA) is 75.3 Å². The number of aryl methyl sites for hydroxylation is 1. The second kappa shape index (κ2) is 6.25. The number of carbonyl (C=O) groups excluding carboxylic acids is 1. The number of amides is 1. The minimum Gasteiger partial charge on any atom is -0.325 e. The lowest BCUT2D eigenvalue weighted by molar-refractivity contribution is -0.115. The SMILES string of the molecule is Cc1ccc(NS(=O)(=O)c2ccc3c(c2)NC(=O)CCS3)cc1. The number of rotatable bonds is 3. The van der Waals surface area contributed by atoms with Crippen LogP contribution in [-0.4, -0.2) is 20.1 Å². The minimum atomic E-state index is -3.70. The number of thioether (sulfide) groups is 1. The van der Waals surface area contributed by atoms with Crippen molar-refractivity contribution in [3.8, 4) is 0 Å². The molecule has 0 unspecified atom stereocenters. The molecule has 1 aliphatic rings. The van der Waals surface area contributed by atoms with Crippen LogP contribution in [0.2, 0.25) is 0 Å². The van der Waals surface area contributed by atoms with E-state index in [0.29, 0.717) is 23.5 Å². The molecule has 7 heteroatoms. The van der Waals surface area contributed by atoms with Gasteiger partial charge in [0.1, 0.15) is 0 Å². The van der Waals surface area contributed by atoms with Gasteiger partial charge < -0.3 is 5.32 Å². The zero-order valence-corrected chi connectivity index (χ0v) is 14.1. The summed E-state index contributed by atoms with van der Waals surface area (Å²) in [4.78, 5) is 12.6. The van der Waals surface area contributed by atoms with Crippen molar-refractivity contribution < 1.29 is 13.2 Å². The Labute approximate surface area is 139 Å². The average Bonchev–Trinajstić information content (AvgIpc) is 2.69. The van der Waals surface area contributed by atoms with Gasteiger partial charge in [0, 0.05) is 22.8 Å². The third-order valence-electron chi connectivity index (χ3n) is 3.43. The molecule has 2 aromatic carbocycles. The highest BCUT2D eigenvalue weighted by molar-refractivity contribution is 7.99. The first kappa shape index (κ1) is 15.9. The van der Waals surface area contributed by atoms with Crippen molar-refractivity contribution in [3.63, 3.8) is 0 Å². The van der Waals surface area contributed by atoms with Gasteiger partial charge in [-0.25, -0.2) is 8.42 Å². The van der Waals surface area contributed by atoms with Crippen LogP contribution >= 0.6 is 11.8 Å². The largest absolute Gasteiger partial charge is 0.325 e. The van der Waals surface area contributed by atoms with Crippen LogP contribution in [0.1, 0.15) is 12.0 Å². The molecule has 1 amide bonds. The fourth-order valence-corrected chi connectivity index (χ4v) is 4.22. The Morgan fingerprint density at radius 1 is 1.13 bits per heavy atom. The maximum absolute atomic E-state index is 12.5. The first-order valence-corrected chi connectivity index (χ1v) is 9.57. The Bertz CT molecular complexity index is 846. The monoisotopic (exact) mass is 348 g/mol. The molecule has 5 nitrogen and oxygen atoms in total. The van der Waals surface area contributed by atoms with Gasteiger partial charge in [-0.1, -0.05) is 17.7 Å². The molecule has 1 heterocycles. The first-order valence-electron chi connectivity index (χ1n) is 7.10. The Hall–Kier alpha value is -1.99. The molecule has 0 saturated carbocycles. The molecule has 0 radical (unpaired) electrons. The maximum Gasteiger partial charge on any atom is 0.261 e. The molecule has 120 valence electrons. The number of hydrogen-bond acceptors (Lipinski definition) is 4.